The van der Waals surface area contributed by atoms with Gasteiger partial charge >= 0.3 is 0 Å². The topological polar surface area (TPSA) is 38.0 Å². The van der Waals surface area contributed by atoms with E-state index in [0.717, 1.165) is 30.8 Å². The molecule has 0 unspecified atom stereocenters. The molecule has 2 rings (SSSR count). The minimum atomic E-state index is 0.264. The van der Waals surface area contributed by atoms with E-state index in [-0.39, 0.29) is 9.52 Å². The van der Waals surface area contributed by atoms with Crippen LogP contribution in [0.5, 0.6) is 0 Å². The Morgan fingerprint density at radius 1 is 0.839 bits per heavy atom. The van der Waals surface area contributed by atoms with Gasteiger partial charge < -0.3 is 11.1 Å². The maximum Gasteiger partial charge on any atom is 0.0474 e. The summed E-state index contributed by atoms with van der Waals surface area (Å²) in [5, 5.41) is 3.47. The van der Waals surface area contributed by atoms with Crippen molar-refractivity contribution in [2.24, 2.45) is 5.73 Å². The first-order valence-corrected chi connectivity index (χ1v) is 16.9. The lowest BCUT2D eigenvalue weighted by Crippen LogP contribution is -2.14. The van der Waals surface area contributed by atoms with E-state index in [9.17, 15) is 0 Å². The quantitative estimate of drug-likeness (QED) is 0.242. The lowest BCUT2D eigenvalue weighted by atomic mass is 10.1. The van der Waals surface area contributed by atoms with Crippen molar-refractivity contribution >= 4 is 42.8 Å². The standard InChI is InChI=1S/C13H21NSi.C9H9Cl.C4H13NSi/c1-3-12-5-7-13(8-6-12)11-14-9-4-10-15-2;1-2-8-3-5-9(7-10)6-4-8;1-6-4-2-3-5/h3,5-8,14H,1,4,9-11,15H2,2H3;2-6H,1,7H2;2-6H2,1H3. The SMILES string of the molecule is C=Cc1ccc(CCl)cc1.C=Cc1ccc(CNCCC[SiH2]C)cc1.C[SiH2]CCCN. The van der Waals surface area contributed by atoms with Crippen molar-refractivity contribution in [1.29, 1.82) is 0 Å². The summed E-state index contributed by atoms with van der Waals surface area (Å²) in [5.41, 5.74) is 10.1. The Morgan fingerprint density at radius 3 is 1.71 bits per heavy atom. The van der Waals surface area contributed by atoms with Crippen LogP contribution in [0.3, 0.4) is 0 Å². The van der Waals surface area contributed by atoms with Crippen LogP contribution in [0.2, 0.25) is 25.2 Å². The van der Waals surface area contributed by atoms with Gasteiger partial charge in [-0.25, -0.2) is 0 Å². The van der Waals surface area contributed by atoms with Gasteiger partial charge in [-0.15, -0.1) is 11.6 Å². The predicted octanol–water partition coefficient (Wildman–Crippen LogP) is 5.48. The fraction of sp³-hybridized carbons (Fsp3) is 0.385. The Balaban J connectivity index is 0.000000484. The molecule has 0 amide bonds. The van der Waals surface area contributed by atoms with E-state index < -0.39 is 0 Å². The molecule has 0 aliphatic heterocycles. The van der Waals surface area contributed by atoms with E-state index in [1.807, 2.05) is 36.4 Å². The molecule has 0 fully saturated rings. The normalized spacial score (nSPS) is 10.5. The Hall–Kier alpha value is -1.44. The second-order valence-corrected chi connectivity index (χ2v) is 11.1. The molecule has 2 aromatic rings. The molecule has 0 bridgehead atoms. The maximum absolute atomic E-state index is 5.60. The second-order valence-electron chi connectivity index (χ2n) is 7.40. The monoisotopic (exact) mass is 474 g/mol. The Bertz CT molecular complexity index is 669. The molecule has 0 spiro atoms. The molecule has 31 heavy (non-hydrogen) atoms. The molecule has 0 aliphatic rings. The molecular weight excluding hydrogens is 432 g/mol. The third-order valence-electron chi connectivity index (χ3n) is 4.68. The molecular formula is C26H43ClN2Si2. The minimum absolute atomic E-state index is 0.264. The van der Waals surface area contributed by atoms with Crippen LogP contribution in [0.15, 0.2) is 61.7 Å². The lowest BCUT2D eigenvalue weighted by Gasteiger charge is -2.04. The Morgan fingerprint density at radius 2 is 1.32 bits per heavy atom. The summed E-state index contributed by atoms with van der Waals surface area (Å²) >= 11 is 5.60. The van der Waals surface area contributed by atoms with Gasteiger partial charge in [0.2, 0.25) is 0 Å². The Labute approximate surface area is 201 Å². The summed E-state index contributed by atoms with van der Waals surface area (Å²) in [6, 6.07) is 19.5. The highest BCUT2D eigenvalue weighted by atomic mass is 35.5. The highest BCUT2D eigenvalue weighted by Crippen LogP contribution is 2.07. The average molecular weight is 475 g/mol. The average Bonchev–Trinajstić information content (AvgIpc) is 2.84. The predicted molar refractivity (Wildman–Crippen MR) is 151 cm³/mol. The summed E-state index contributed by atoms with van der Waals surface area (Å²) in [4.78, 5) is 0. The molecule has 0 atom stereocenters. The number of alkyl halides is 1. The van der Waals surface area contributed by atoms with Crippen molar-refractivity contribution in [2.45, 2.75) is 50.4 Å². The van der Waals surface area contributed by atoms with Gasteiger partial charge in [0.1, 0.15) is 0 Å². The zero-order chi connectivity index (χ0) is 23.2. The van der Waals surface area contributed by atoms with Crippen LogP contribution >= 0.6 is 11.6 Å². The number of nitrogens with two attached hydrogens (primary N) is 1. The van der Waals surface area contributed by atoms with Crippen LogP contribution in [0.1, 0.15) is 35.1 Å². The lowest BCUT2D eigenvalue weighted by molar-refractivity contribution is 0.674. The van der Waals surface area contributed by atoms with Crippen molar-refractivity contribution in [3.63, 3.8) is 0 Å². The van der Waals surface area contributed by atoms with Gasteiger partial charge in [0, 0.05) is 31.5 Å². The van der Waals surface area contributed by atoms with Crippen LogP contribution in [-0.4, -0.2) is 32.1 Å². The molecule has 5 heteroatoms. The van der Waals surface area contributed by atoms with Crippen LogP contribution in [-0.2, 0) is 12.4 Å². The van der Waals surface area contributed by atoms with Gasteiger partial charge in [-0.3, -0.25) is 0 Å². The smallest absolute Gasteiger partial charge is 0.0474 e. The van der Waals surface area contributed by atoms with Crippen molar-refractivity contribution in [1.82, 2.24) is 5.32 Å². The molecule has 172 valence electrons. The van der Waals surface area contributed by atoms with E-state index >= 15 is 0 Å². The number of hydrogen-bond acceptors (Lipinski definition) is 2. The summed E-state index contributed by atoms with van der Waals surface area (Å²) < 4.78 is 0. The zero-order valence-corrected chi connectivity index (χ0v) is 23.3. The molecule has 2 nitrogen and oxygen atoms in total. The van der Waals surface area contributed by atoms with Crippen LogP contribution < -0.4 is 11.1 Å². The van der Waals surface area contributed by atoms with Crippen LogP contribution in [0, 0.1) is 0 Å². The van der Waals surface area contributed by atoms with Crippen molar-refractivity contribution in [2.75, 3.05) is 13.1 Å². The molecule has 0 aliphatic carbocycles. The summed E-state index contributed by atoms with van der Waals surface area (Å²) in [6.45, 7) is 15.1. The maximum atomic E-state index is 5.60. The van der Waals surface area contributed by atoms with E-state index in [2.05, 4.69) is 55.8 Å². The van der Waals surface area contributed by atoms with Gasteiger partial charge in [-0.2, -0.15) is 0 Å². The third-order valence-corrected chi connectivity index (χ3v) is 7.40. The van der Waals surface area contributed by atoms with Gasteiger partial charge in [-0.1, -0.05) is 99.0 Å². The van der Waals surface area contributed by atoms with Gasteiger partial charge in [0.15, 0.2) is 0 Å². The molecule has 0 aromatic heterocycles. The third kappa shape index (κ3) is 16.9. The highest BCUT2D eigenvalue weighted by molar-refractivity contribution is 6.33. The van der Waals surface area contributed by atoms with E-state index in [4.69, 9.17) is 17.3 Å². The first-order chi connectivity index (χ1) is 15.1. The van der Waals surface area contributed by atoms with Gasteiger partial charge in [0.05, 0.1) is 0 Å². The van der Waals surface area contributed by atoms with Crippen LogP contribution in [0.25, 0.3) is 12.2 Å². The summed E-state index contributed by atoms with van der Waals surface area (Å²) in [6.07, 6.45) is 6.29. The first kappa shape index (κ1) is 29.6. The van der Waals surface area contributed by atoms with E-state index in [1.165, 1.54) is 36.1 Å². The molecule has 0 saturated heterocycles. The second kappa shape index (κ2) is 21.8. The fourth-order valence-corrected chi connectivity index (χ4v) is 4.36. The zero-order valence-electron chi connectivity index (χ0n) is 19.7. The number of benzene rings is 2. The number of halogens is 1. The van der Waals surface area contributed by atoms with Gasteiger partial charge in [0.25, 0.3) is 0 Å². The van der Waals surface area contributed by atoms with E-state index in [1.54, 1.807) is 0 Å². The molecule has 0 heterocycles. The number of nitrogens with one attached hydrogen (secondary N) is 1. The summed E-state index contributed by atoms with van der Waals surface area (Å²) in [5.74, 6) is 0.581. The van der Waals surface area contributed by atoms with Crippen LogP contribution in [0.4, 0.5) is 0 Å². The minimum Gasteiger partial charge on any atom is -0.330 e. The van der Waals surface area contributed by atoms with Crippen molar-refractivity contribution < 1.29 is 0 Å². The molecule has 0 radical (unpaired) electrons. The van der Waals surface area contributed by atoms with Crippen molar-refractivity contribution in [3.05, 3.63) is 83.9 Å². The first-order valence-electron chi connectivity index (χ1n) is 11.5. The highest BCUT2D eigenvalue weighted by Gasteiger charge is 1.92. The largest absolute Gasteiger partial charge is 0.330 e. The number of rotatable bonds is 12. The van der Waals surface area contributed by atoms with Gasteiger partial charge in [-0.05, 0) is 48.2 Å². The number of hydrogen-bond donors (Lipinski definition) is 2. The molecule has 0 saturated carbocycles. The Kier molecular flexibility index (Phi) is 20.8. The summed E-state index contributed by atoms with van der Waals surface area (Å²) in [7, 11) is 0.587. The van der Waals surface area contributed by atoms with E-state index in [0.29, 0.717) is 15.4 Å². The molecule has 3 N–H and O–H groups in total. The molecule has 2 aromatic carbocycles. The van der Waals surface area contributed by atoms with Crippen molar-refractivity contribution in [3.8, 4) is 0 Å². The fourth-order valence-electron chi connectivity index (χ4n) is 2.64.